The average molecular weight is 479 g/mol. The molecule has 1 aliphatic rings. The normalized spacial score (nSPS) is 13.3. The molecule has 0 amide bonds. The zero-order valence-corrected chi connectivity index (χ0v) is 19.0. The number of carbonyl (C=O) groups excluding carboxylic acids is 1. The Balaban J connectivity index is 0.000000406. The number of esters is 1. The van der Waals surface area contributed by atoms with E-state index in [-0.39, 0.29) is 12.6 Å². The van der Waals surface area contributed by atoms with Crippen molar-refractivity contribution in [2.45, 2.75) is 39.7 Å². The molecule has 0 saturated heterocycles. The number of hydrogen-bond donors (Lipinski definition) is 1. The topological polar surface area (TPSA) is 102 Å². The van der Waals surface area contributed by atoms with Gasteiger partial charge in [0.15, 0.2) is 5.82 Å². The number of halogens is 3. The molecule has 0 radical (unpaired) electrons. The van der Waals surface area contributed by atoms with Crippen LogP contribution in [0.25, 0.3) is 5.82 Å². The number of carboxylic acid groups (broad SMARTS) is 1. The van der Waals surface area contributed by atoms with Crippen LogP contribution in [0.2, 0.25) is 0 Å². The van der Waals surface area contributed by atoms with Crippen molar-refractivity contribution in [3.8, 4) is 5.82 Å². The number of fused-ring (bicyclic) bond motifs is 1. The molecule has 4 rings (SSSR count). The van der Waals surface area contributed by atoms with E-state index >= 15 is 0 Å². The number of hydrogen-bond acceptors (Lipinski definition) is 6. The largest absolute Gasteiger partial charge is 0.490 e. The van der Waals surface area contributed by atoms with Gasteiger partial charge in [-0.2, -0.15) is 23.4 Å². The molecule has 0 unspecified atom stereocenters. The lowest BCUT2D eigenvalue weighted by Crippen LogP contribution is -2.21. The molecule has 0 saturated carbocycles. The maximum atomic E-state index is 12.8. The maximum absolute atomic E-state index is 12.8. The van der Waals surface area contributed by atoms with Crippen molar-refractivity contribution in [2.24, 2.45) is 7.05 Å². The Morgan fingerprint density at radius 1 is 1.15 bits per heavy atom. The smallest absolute Gasteiger partial charge is 0.475 e. The number of aryl methyl sites for hydroxylation is 3. The summed E-state index contributed by atoms with van der Waals surface area (Å²) in [7, 11) is 3.90. The summed E-state index contributed by atoms with van der Waals surface area (Å²) in [5.74, 6) is -2.53. The molecule has 0 fully saturated rings. The number of aliphatic carboxylic acids is 1. The predicted octanol–water partition coefficient (Wildman–Crippen LogP) is 3.16. The second-order valence-corrected chi connectivity index (χ2v) is 8.02. The molecular formula is C22H24F3N5O4. The number of nitrogens with zero attached hydrogens (tertiary/aromatic N) is 5. The van der Waals surface area contributed by atoms with Gasteiger partial charge in [-0.1, -0.05) is 18.2 Å². The highest BCUT2D eigenvalue weighted by atomic mass is 19.4. The summed E-state index contributed by atoms with van der Waals surface area (Å²) in [5, 5.41) is 15.8. The lowest BCUT2D eigenvalue weighted by atomic mass is 10.1. The van der Waals surface area contributed by atoms with Crippen molar-refractivity contribution in [2.75, 3.05) is 7.05 Å². The summed E-state index contributed by atoms with van der Waals surface area (Å²) in [6, 6.07) is 6.27. The number of ether oxygens (including phenoxy) is 1. The Morgan fingerprint density at radius 3 is 2.38 bits per heavy atom. The fraction of sp³-hybridized carbons (Fsp3) is 0.364. The summed E-state index contributed by atoms with van der Waals surface area (Å²) in [6.45, 7) is 5.90. The van der Waals surface area contributed by atoms with Crippen LogP contribution < -0.4 is 0 Å². The van der Waals surface area contributed by atoms with E-state index in [1.165, 1.54) is 11.1 Å². The van der Waals surface area contributed by atoms with Gasteiger partial charge in [-0.15, -0.1) is 0 Å². The highest BCUT2D eigenvalue weighted by molar-refractivity contribution is 5.94. The van der Waals surface area contributed by atoms with Gasteiger partial charge in [-0.3, -0.25) is 4.90 Å². The molecule has 1 aromatic carbocycles. The van der Waals surface area contributed by atoms with Crippen molar-refractivity contribution in [3.63, 3.8) is 0 Å². The molecule has 2 aromatic heterocycles. The molecule has 0 aliphatic carbocycles. The lowest BCUT2D eigenvalue weighted by molar-refractivity contribution is -0.192. The van der Waals surface area contributed by atoms with Crippen LogP contribution in [0.4, 0.5) is 13.2 Å². The molecular weight excluding hydrogens is 455 g/mol. The Hall–Kier alpha value is -3.67. The van der Waals surface area contributed by atoms with E-state index in [2.05, 4.69) is 34.3 Å². The first kappa shape index (κ1) is 25.0. The van der Waals surface area contributed by atoms with E-state index in [9.17, 15) is 18.0 Å². The summed E-state index contributed by atoms with van der Waals surface area (Å²) >= 11 is 0. The standard InChI is InChI=1S/C20H23N5O2.C2HF3O2/c1-13-8-21-25(9-13)19-18(14(2)22-24(19)4)20(26)27-12-15-5-6-16-10-23(3)11-17(16)7-15;3-2(4,5)1(6)7/h5-9H,10-12H2,1-4H3;(H,6,7). The third-order valence-electron chi connectivity index (χ3n) is 5.09. The number of benzene rings is 1. The minimum atomic E-state index is -5.08. The minimum Gasteiger partial charge on any atom is -0.475 e. The number of alkyl halides is 3. The highest BCUT2D eigenvalue weighted by Crippen LogP contribution is 2.24. The van der Waals surface area contributed by atoms with Crippen molar-refractivity contribution < 1.29 is 32.6 Å². The Morgan fingerprint density at radius 2 is 1.79 bits per heavy atom. The first-order valence-corrected chi connectivity index (χ1v) is 10.2. The van der Waals surface area contributed by atoms with Crippen LogP contribution in [0.15, 0.2) is 30.6 Å². The van der Waals surface area contributed by atoms with Crippen LogP contribution in [-0.2, 0) is 36.3 Å². The maximum Gasteiger partial charge on any atom is 0.490 e. The molecule has 0 spiro atoms. The highest BCUT2D eigenvalue weighted by Gasteiger charge is 2.38. The minimum absolute atomic E-state index is 0.238. The van der Waals surface area contributed by atoms with Crippen molar-refractivity contribution in [1.82, 2.24) is 24.5 Å². The molecule has 0 bridgehead atoms. The second-order valence-electron chi connectivity index (χ2n) is 8.02. The van der Waals surface area contributed by atoms with Crippen LogP contribution in [0.1, 0.15) is 38.3 Å². The first-order valence-electron chi connectivity index (χ1n) is 10.2. The zero-order chi connectivity index (χ0) is 25.2. The molecule has 182 valence electrons. The molecule has 3 aromatic rings. The summed E-state index contributed by atoms with van der Waals surface area (Å²) < 4.78 is 40.7. The van der Waals surface area contributed by atoms with E-state index in [1.807, 2.05) is 26.1 Å². The fourth-order valence-corrected chi connectivity index (χ4v) is 3.61. The van der Waals surface area contributed by atoms with Gasteiger partial charge in [0.1, 0.15) is 12.2 Å². The van der Waals surface area contributed by atoms with Gasteiger partial charge in [-0.25, -0.2) is 19.0 Å². The van der Waals surface area contributed by atoms with E-state index in [0.29, 0.717) is 17.1 Å². The average Bonchev–Trinajstić information content (AvgIpc) is 3.40. The van der Waals surface area contributed by atoms with Gasteiger partial charge in [-0.05, 0) is 43.1 Å². The van der Waals surface area contributed by atoms with Crippen molar-refractivity contribution in [1.29, 1.82) is 0 Å². The van der Waals surface area contributed by atoms with Gasteiger partial charge in [0.2, 0.25) is 0 Å². The Labute approximate surface area is 193 Å². The second kappa shape index (κ2) is 9.67. The van der Waals surface area contributed by atoms with Crippen LogP contribution >= 0.6 is 0 Å². The molecule has 1 N–H and O–H groups in total. The lowest BCUT2D eigenvalue weighted by Gasteiger charge is -2.09. The molecule has 34 heavy (non-hydrogen) atoms. The number of aromatic nitrogens is 4. The first-order chi connectivity index (χ1) is 15.9. The Bertz CT molecular complexity index is 1220. The third-order valence-corrected chi connectivity index (χ3v) is 5.09. The summed E-state index contributed by atoms with van der Waals surface area (Å²) in [5.41, 5.74) is 5.72. The molecule has 9 nitrogen and oxygen atoms in total. The molecule has 3 heterocycles. The van der Waals surface area contributed by atoms with Crippen LogP contribution in [-0.4, -0.2) is 54.7 Å². The summed E-state index contributed by atoms with van der Waals surface area (Å²) in [4.78, 5) is 24.0. The van der Waals surface area contributed by atoms with Gasteiger partial charge in [0.25, 0.3) is 0 Å². The molecule has 0 atom stereocenters. The van der Waals surface area contributed by atoms with E-state index in [0.717, 1.165) is 24.2 Å². The third kappa shape index (κ3) is 5.63. The number of rotatable bonds is 4. The van der Waals surface area contributed by atoms with Gasteiger partial charge in [0.05, 0.1) is 11.9 Å². The van der Waals surface area contributed by atoms with Crippen LogP contribution in [0.5, 0.6) is 0 Å². The van der Waals surface area contributed by atoms with E-state index in [4.69, 9.17) is 14.6 Å². The molecule has 1 aliphatic heterocycles. The van der Waals surface area contributed by atoms with E-state index in [1.54, 1.807) is 22.6 Å². The number of carboxylic acids is 1. The monoisotopic (exact) mass is 479 g/mol. The van der Waals surface area contributed by atoms with Gasteiger partial charge < -0.3 is 9.84 Å². The van der Waals surface area contributed by atoms with Crippen molar-refractivity contribution in [3.05, 3.63) is 64.1 Å². The Kier molecular flexibility index (Phi) is 7.10. The van der Waals surface area contributed by atoms with Crippen LogP contribution in [0, 0.1) is 13.8 Å². The van der Waals surface area contributed by atoms with Gasteiger partial charge in [0, 0.05) is 26.3 Å². The SMILES string of the molecule is Cc1cnn(-c2c(C(=O)OCc3ccc4c(c3)CN(C)C4)c(C)nn2C)c1.O=C(O)C(F)(F)F. The van der Waals surface area contributed by atoms with E-state index < -0.39 is 12.1 Å². The molecule has 12 heteroatoms. The number of carbonyl (C=O) groups is 2. The summed E-state index contributed by atoms with van der Waals surface area (Å²) in [6.07, 6.45) is -1.47. The van der Waals surface area contributed by atoms with Gasteiger partial charge >= 0.3 is 18.1 Å². The zero-order valence-electron chi connectivity index (χ0n) is 19.0. The predicted molar refractivity (Wildman–Crippen MR) is 114 cm³/mol. The quantitative estimate of drug-likeness (QED) is 0.574. The van der Waals surface area contributed by atoms with Crippen LogP contribution in [0.3, 0.4) is 0 Å². The van der Waals surface area contributed by atoms with Crippen molar-refractivity contribution >= 4 is 11.9 Å². The fourth-order valence-electron chi connectivity index (χ4n) is 3.61.